The number of rotatable bonds is 15. The SMILES string of the molecule is CSCCC(NC(=O)C(Cc1ccc(O)cc1)NC(=O)C(N)C(C)O)C(=O)NC(Cc1ccc(O)cc1)C(=O)O. The number of carboxylic acids is 1. The molecule has 0 fully saturated rings. The Bertz CT molecular complexity index is 1140. The summed E-state index contributed by atoms with van der Waals surface area (Å²) in [6, 6.07) is 6.94. The van der Waals surface area contributed by atoms with Gasteiger partial charge in [-0.1, -0.05) is 24.3 Å². The van der Waals surface area contributed by atoms with Crippen molar-refractivity contribution >= 4 is 35.5 Å². The van der Waals surface area contributed by atoms with Crippen LogP contribution in [0, 0.1) is 0 Å². The Kier molecular flexibility index (Phi) is 12.7. The maximum atomic E-state index is 13.4. The molecule has 9 N–H and O–H groups in total. The summed E-state index contributed by atoms with van der Waals surface area (Å²) in [5.74, 6) is -2.99. The van der Waals surface area contributed by atoms with Crippen LogP contribution in [-0.4, -0.2) is 86.4 Å². The highest BCUT2D eigenvalue weighted by Crippen LogP contribution is 2.14. The number of aromatic hydroxyl groups is 2. The Hall–Kier alpha value is -3.81. The van der Waals surface area contributed by atoms with E-state index in [-0.39, 0.29) is 30.8 Å². The first-order chi connectivity index (χ1) is 18.9. The highest BCUT2D eigenvalue weighted by molar-refractivity contribution is 7.98. The number of amides is 3. The zero-order valence-electron chi connectivity index (χ0n) is 22.2. The number of benzene rings is 2. The van der Waals surface area contributed by atoms with E-state index >= 15 is 0 Å². The third-order valence-corrected chi connectivity index (χ3v) is 6.71. The van der Waals surface area contributed by atoms with Gasteiger partial charge in [-0.25, -0.2) is 4.79 Å². The predicted octanol–water partition coefficient (Wildman–Crippen LogP) is -0.117. The van der Waals surface area contributed by atoms with E-state index in [0.29, 0.717) is 16.9 Å². The number of hydrogen-bond donors (Lipinski definition) is 8. The first kappa shape index (κ1) is 32.4. The number of phenolic OH excluding ortho intramolecular Hbond substituents is 2. The normalized spacial score (nSPS) is 14.7. The second-order valence-electron chi connectivity index (χ2n) is 9.31. The lowest BCUT2D eigenvalue weighted by molar-refractivity contribution is -0.142. The standard InChI is InChI=1S/C27H36N4O8S/c1-15(32)23(28)26(37)30-21(13-16-3-7-18(33)8-4-16)25(36)29-20(11-12-40-2)24(35)31-22(27(38)39)14-17-5-9-19(34)10-6-17/h3-10,15,20-23,32-34H,11-14,28H2,1-2H3,(H,29,36)(H,30,37)(H,31,35)(H,38,39). The summed E-state index contributed by atoms with van der Waals surface area (Å²) in [5.41, 5.74) is 6.89. The van der Waals surface area contributed by atoms with E-state index in [9.17, 15) is 39.6 Å². The molecular weight excluding hydrogens is 540 g/mol. The average molecular weight is 577 g/mol. The molecule has 0 radical (unpaired) electrons. The Morgan fingerprint density at radius 3 is 1.65 bits per heavy atom. The molecule has 3 amide bonds. The van der Waals surface area contributed by atoms with E-state index in [4.69, 9.17) is 5.73 Å². The van der Waals surface area contributed by atoms with Gasteiger partial charge in [0.25, 0.3) is 0 Å². The smallest absolute Gasteiger partial charge is 0.326 e. The first-order valence-corrected chi connectivity index (χ1v) is 13.9. The minimum absolute atomic E-state index is 0.0130. The lowest BCUT2D eigenvalue weighted by Crippen LogP contribution is -2.58. The van der Waals surface area contributed by atoms with Crippen LogP contribution in [0.2, 0.25) is 0 Å². The van der Waals surface area contributed by atoms with Crippen LogP contribution in [0.15, 0.2) is 48.5 Å². The van der Waals surface area contributed by atoms with Gasteiger partial charge in [0.2, 0.25) is 17.7 Å². The molecule has 0 aromatic heterocycles. The lowest BCUT2D eigenvalue weighted by Gasteiger charge is -2.26. The molecule has 0 spiro atoms. The van der Waals surface area contributed by atoms with Crippen LogP contribution in [0.25, 0.3) is 0 Å². The van der Waals surface area contributed by atoms with Gasteiger partial charge in [-0.3, -0.25) is 14.4 Å². The second kappa shape index (κ2) is 15.7. The van der Waals surface area contributed by atoms with Crippen LogP contribution in [0.4, 0.5) is 0 Å². The topological polar surface area (TPSA) is 211 Å². The van der Waals surface area contributed by atoms with Gasteiger partial charge in [0.05, 0.1) is 6.10 Å². The zero-order chi connectivity index (χ0) is 29.8. The third kappa shape index (κ3) is 10.4. The molecule has 13 heteroatoms. The van der Waals surface area contributed by atoms with Gasteiger partial charge < -0.3 is 42.1 Å². The van der Waals surface area contributed by atoms with Crippen LogP contribution in [-0.2, 0) is 32.0 Å². The quantitative estimate of drug-likeness (QED) is 0.141. The van der Waals surface area contributed by atoms with Crippen molar-refractivity contribution in [1.29, 1.82) is 0 Å². The number of phenols is 2. The molecule has 218 valence electrons. The van der Waals surface area contributed by atoms with Crippen LogP contribution in [0.1, 0.15) is 24.5 Å². The molecule has 0 saturated heterocycles. The highest BCUT2D eigenvalue weighted by Gasteiger charge is 2.31. The van der Waals surface area contributed by atoms with Crippen molar-refractivity contribution in [3.05, 3.63) is 59.7 Å². The largest absolute Gasteiger partial charge is 0.508 e. The molecular formula is C27H36N4O8S. The van der Waals surface area contributed by atoms with Gasteiger partial charge in [0.1, 0.15) is 35.7 Å². The van der Waals surface area contributed by atoms with E-state index in [1.54, 1.807) is 24.3 Å². The van der Waals surface area contributed by atoms with E-state index in [1.165, 1.54) is 43.0 Å². The summed E-state index contributed by atoms with van der Waals surface area (Å²) in [4.78, 5) is 51.0. The number of aliphatic hydroxyl groups is 1. The van der Waals surface area contributed by atoms with Crippen LogP contribution in [0.5, 0.6) is 11.5 Å². The fraction of sp³-hybridized carbons (Fsp3) is 0.407. The molecule has 2 aromatic carbocycles. The van der Waals surface area contributed by atoms with Crippen LogP contribution < -0.4 is 21.7 Å². The fourth-order valence-corrected chi connectivity index (χ4v) is 4.15. The van der Waals surface area contributed by atoms with Crippen LogP contribution in [0.3, 0.4) is 0 Å². The molecule has 0 bridgehead atoms. The molecule has 0 aliphatic heterocycles. The number of carbonyl (C=O) groups excluding carboxylic acids is 3. The summed E-state index contributed by atoms with van der Waals surface area (Å²) in [6.07, 6.45) is 0.741. The summed E-state index contributed by atoms with van der Waals surface area (Å²) in [5, 5.41) is 46.0. The number of hydrogen-bond acceptors (Lipinski definition) is 9. The van der Waals surface area contributed by atoms with Gasteiger partial charge in [-0.2, -0.15) is 11.8 Å². The summed E-state index contributed by atoms with van der Waals surface area (Å²) in [7, 11) is 0. The van der Waals surface area contributed by atoms with Crippen molar-refractivity contribution in [2.45, 2.75) is 56.5 Å². The molecule has 2 rings (SSSR count). The van der Waals surface area contributed by atoms with Gasteiger partial charge in [-0.05, 0) is 60.7 Å². The van der Waals surface area contributed by atoms with Crippen molar-refractivity contribution in [3.8, 4) is 11.5 Å². The van der Waals surface area contributed by atoms with Crippen LogP contribution >= 0.6 is 11.8 Å². The molecule has 0 aliphatic rings. The number of thioether (sulfide) groups is 1. The number of nitrogens with two attached hydrogens (primary N) is 1. The molecule has 2 aromatic rings. The molecule has 12 nitrogen and oxygen atoms in total. The highest BCUT2D eigenvalue weighted by atomic mass is 32.2. The Morgan fingerprint density at radius 2 is 1.20 bits per heavy atom. The van der Waals surface area contributed by atoms with E-state index < -0.39 is 54.0 Å². The average Bonchev–Trinajstić information content (AvgIpc) is 2.91. The van der Waals surface area contributed by atoms with E-state index in [2.05, 4.69) is 16.0 Å². The van der Waals surface area contributed by atoms with Gasteiger partial charge in [0, 0.05) is 12.8 Å². The Balaban J connectivity index is 2.22. The van der Waals surface area contributed by atoms with Crippen molar-refractivity contribution in [3.63, 3.8) is 0 Å². The second-order valence-corrected chi connectivity index (χ2v) is 10.3. The molecule has 0 aliphatic carbocycles. The Morgan fingerprint density at radius 1 is 0.775 bits per heavy atom. The van der Waals surface area contributed by atoms with Crippen molar-refractivity contribution < 1.29 is 39.6 Å². The number of carbonyl (C=O) groups is 4. The monoisotopic (exact) mass is 576 g/mol. The minimum Gasteiger partial charge on any atom is -0.508 e. The van der Waals surface area contributed by atoms with Gasteiger partial charge in [-0.15, -0.1) is 0 Å². The number of aliphatic hydroxyl groups excluding tert-OH is 1. The first-order valence-electron chi connectivity index (χ1n) is 12.5. The van der Waals surface area contributed by atoms with Gasteiger partial charge in [0.15, 0.2) is 0 Å². The molecule has 0 saturated carbocycles. The maximum absolute atomic E-state index is 13.4. The fourth-order valence-electron chi connectivity index (χ4n) is 3.68. The van der Waals surface area contributed by atoms with Crippen molar-refractivity contribution in [2.75, 3.05) is 12.0 Å². The van der Waals surface area contributed by atoms with E-state index in [1.807, 2.05) is 6.26 Å². The third-order valence-electron chi connectivity index (χ3n) is 6.07. The molecule has 0 heterocycles. The summed E-state index contributed by atoms with van der Waals surface area (Å²) in [6.45, 7) is 1.33. The maximum Gasteiger partial charge on any atom is 0.326 e. The lowest BCUT2D eigenvalue weighted by atomic mass is 10.0. The number of carboxylic acid groups (broad SMARTS) is 1. The molecule has 5 atom stereocenters. The predicted molar refractivity (Wildman–Crippen MR) is 150 cm³/mol. The van der Waals surface area contributed by atoms with Gasteiger partial charge >= 0.3 is 5.97 Å². The Labute approximate surface area is 236 Å². The molecule has 5 unspecified atom stereocenters. The number of nitrogens with one attached hydrogen (secondary N) is 3. The summed E-state index contributed by atoms with van der Waals surface area (Å²) < 4.78 is 0. The summed E-state index contributed by atoms with van der Waals surface area (Å²) >= 11 is 1.42. The molecule has 40 heavy (non-hydrogen) atoms. The minimum atomic E-state index is -1.30. The van der Waals surface area contributed by atoms with E-state index in [0.717, 1.165) is 0 Å². The van der Waals surface area contributed by atoms with Crippen molar-refractivity contribution in [2.24, 2.45) is 5.73 Å². The zero-order valence-corrected chi connectivity index (χ0v) is 23.1. The number of aliphatic carboxylic acids is 1. The van der Waals surface area contributed by atoms with Crippen molar-refractivity contribution in [1.82, 2.24) is 16.0 Å².